The average Bonchev–Trinajstić information content (AvgIpc) is 3.39. The average molecular weight is 400 g/mol. The number of nitrogens with one attached hydrogen (secondary N) is 1. The molecule has 3 aromatic heterocycles. The lowest BCUT2D eigenvalue weighted by atomic mass is 10.0. The maximum atomic E-state index is 13.8. The number of hydrogen-bond donors (Lipinski definition) is 1. The molecule has 0 aliphatic carbocycles. The molecule has 4 heterocycles. The Balaban J connectivity index is 1.73. The highest BCUT2D eigenvalue weighted by atomic mass is 19.1. The Labute approximate surface area is 168 Å². The van der Waals surface area contributed by atoms with Crippen molar-refractivity contribution in [3.8, 4) is 17.1 Å². The first-order valence-corrected chi connectivity index (χ1v) is 9.63. The van der Waals surface area contributed by atoms with Crippen molar-refractivity contribution in [2.24, 2.45) is 13.0 Å². The Bertz CT molecular complexity index is 1050. The topological polar surface area (TPSA) is 86.9 Å². The zero-order chi connectivity index (χ0) is 20.8. The second-order valence-electron chi connectivity index (χ2n) is 8.46. The molecule has 1 aliphatic rings. The second-order valence-corrected chi connectivity index (χ2v) is 8.46. The Hall–Kier alpha value is -2.97. The number of amides is 1. The zero-order valence-corrected chi connectivity index (χ0v) is 17.0. The van der Waals surface area contributed by atoms with E-state index in [1.165, 1.54) is 0 Å². The number of pyridine rings is 1. The van der Waals surface area contributed by atoms with Crippen LogP contribution in [0.25, 0.3) is 22.3 Å². The van der Waals surface area contributed by atoms with E-state index in [4.69, 9.17) is 4.74 Å². The molecule has 4 rings (SSSR count). The Morgan fingerprint density at radius 2 is 2.21 bits per heavy atom. The number of aromatic nitrogens is 5. The molecule has 0 aromatic carbocycles. The predicted molar refractivity (Wildman–Crippen MR) is 106 cm³/mol. The van der Waals surface area contributed by atoms with Crippen LogP contribution in [0.3, 0.4) is 0 Å². The molecular formula is C20H25FN6O2. The summed E-state index contributed by atoms with van der Waals surface area (Å²) >= 11 is 0. The van der Waals surface area contributed by atoms with Gasteiger partial charge in [0.15, 0.2) is 0 Å². The van der Waals surface area contributed by atoms with Crippen LogP contribution in [0.5, 0.6) is 5.88 Å². The lowest BCUT2D eigenvalue weighted by molar-refractivity contribution is -0.119. The van der Waals surface area contributed by atoms with Gasteiger partial charge in [0.25, 0.3) is 0 Å². The molecule has 1 saturated heterocycles. The fourth-order valence-electron chi connectivity index (χ4n) is 3.48. The van der Waals surface area contributed by atoms with Crippen LogP contribution in [0.1, 0.15) is 27.2 Å². The maximum absolute atomic E-state index is 13.8. The van der Waals surface area contributed by atoms with Crippen molar-refractivity contribution >= 4 is 16.9 Å². The number of fused-ring (bicyclic) bond motifs is 1. The molecule has 154 valence electrons. The van der Waals surface area contributed by atoms with Crippen LogP contribution < -0.4 is 10.1 Å². The van der Waals surface area contributed by atoms with Gasteiger partial charge in [-0.05, 0) is 26.8 Å². The molecule has 3 aromatic rings. The molecule has 29 heavy (non-hydrogen) atoms. The molecule has 9 heteroatoms. The fourth-order valence-corrected chi connectivity index (χ4v) is 3.48. The molecule has 2 atom stereocenters. The first kappa shape index (κ1) is 19.4. The van der Waals surface area contributed by atoms with Crippen LogP contribution in [-0.4, -0.2) is 49.5 Å². The summed E-state index contributed by atoms with van der Waals surface area (Å²) < 4.78 is 23.5. The number of halogens is 1. The van der Waals surface area contributed by atoms with E-state index in [2.05, 4.69) is 41.2 Å². The quantitative estimate of drug-likeness (QED) is 0.711. The van der Waals surface area contributed by atoms with Crippen molar-refractivity contribution in [1.82, 2.24) is 29.6 Å². The number of nitrogens with zero attached hydrogens (tertiary/aromatic N) is 5. The van der Waals surface area contributed by atoms with Crippen LogP contribution >= 0.6 is 0 Å². The first-order chi connectivity index (χ1) is 13.8. The molecule has 1 amide bonds. The SMILES string of the molecule is Cn1cnc2cc(-c3cnn(C(C)(C)C)c3)nc(OC(CF)C3CNC(=O)C3)c21. The molecule has 1 fully saturated rings. The number of imidazole rings is 1. The zero-order valence-electron chi connectivity index (χ0n) is 17.0. The van der Waals surface area contributed by atoms with Gasteiger partial charge in [-0.15, -0.1) is 0 Å². The van der Waals surface area contributed by atoms with Gasteiger partial charge in [-0.1, -0.05) is 0 Å². The third-order valence-electron chi connectivity index (χ3n) is 5.18. The third-order valence-corrected chi connectivity index (χ3v) is 5.18. The summed E-state index contributed by atoms with van der Waals surface area (Å²) in [7, 11) is 1.84. The predicted octanol–water partition coefficient (Wildman–Crippen LogP) is 2.44. The van der Waals surface area contributed by atoms with Crippen LogP contribution in [-0.2, 0) is 17.4 Å². The van der Waals surface area contributed by atoms with Crippen LogP contribution in [0.4, 0.5) is 4.39 Å². The third kappa shape index (κ3) is 3.68. The van der Waals surface area contributed by atoms with E-state index in [1.807, 2.05) is 24.0 Å². The van der Waals surface area contributed by atoms with Gasteiger partial charge >= 0.3 is 0 Å². The highest BCUT2D eigenvalue weighted by molar-refractivity contribution is 5.84. The Morgan fingerprint density at radius 1 is 1.41 bits per heavy atom. The maximum Gasteiger partial charge on any atom is 0.241 e. The number of aryl methyl sites for hydroxylation is 1. The molecule has 0 bridgehead atoms. The number of carbonyl (C=O) groups is 1. The first-order valence-electron chi connectivity index (χ1n) is 9.63. The van der Waals surface area contributed by atoms with E-state index in [0.29, 0.717) is 29.2 Å². The van der Waals surface area contributed by atoms with Crippen LogP contribution in [0, 0.1) is 5.92 Å². The summed E-state index contributed by atoms with van der Waals surface area (Å²) in [5.74, 6) is -0.00748. The van der Waals surface area contributed by atoms with E-state index < -0.39 is 12.8 Å². The van der Waals surface area contributed by atoms with Crippen molar-refractivity contribution in [1.29, 1.82) is 0 Å². The number of rotatable bonds is 5. The molecule has 0 spiro atoms. The van der Waals surface area contributed by atoms with Gasteiger partial charge in [-0.3, -0.25) is 9.48 Å². The summed E-state index contributed by atoms with van der Waals surface area (Å²) in [6.07, 6.45) is 4.84. The summed E-state index contributed by atoms with van der Waals surface area (Å²) in [5.41, 5.74) is 2.71. The van der Waals surface area contributed by atoms with Crippen LogP contribution in [0.15, 0.2) is 24.8 Å². The van der Waals surface area contributed by atoms with Crippen molar-refractivity contribution in [2.45, 2.75) is 38.8 Å². The molecule has 2 unspecified atom stereocenters. The van der Waals surface area contributed by atoms with Crippen molar-refractivity contribution in [3.05, 3.63) is 24.8 Å². The summed E-state index contributed by atoms with van der Waals surface area (Å²) in [5, 5.41) is 7.16. The Morgan fingerprint density at radius 3 is 2.83 bits per heavy atom. The number of ether oxygens (including phenoxy) is 1. The minimum Gasteiger partial charge on any atom is -0.470 e. The lowest BCUT2D eigenvalue weighted by Crippen LogP contribution is -2.31. The van der Waals surface area contributed by atoms with Crippen molar-refractivity contribution in [3.63, 3.8) is 0 Å². The van der Waals surface area contributed by atoms with E-state index in [0.717, 1.165) is 5.56 Å². The molecule has 8 nitrogen and oxygen atoms in total. The minimum absolute atomic E-state index is 0.0842. The van der Waals surface area contributed by atoms with E-state index in [1.54, 1.807) is 17.1 Å². The number of carbonyl (C=O) groups excluding carboxylic acids is 1. The van der Waals surface area contributed by atoms with Gasteiger partial charge in [0.1, 0.15) is 18.3 Å². The number of alkyl halides is 1. The number of hydrogen-bond acceptors (Lipinski definition) is 5. The Kier molecular flexibility index (Phi) is 4.76. The van der Waals surface area contributed by atoms with Gasteiger partial charge < -0.3 is 14.6 Å². The van der Waals surface area contributed by atoms with E-state index in [-0.39, 0.29) is 23.8 Å². The molecular weight excluding hydrogens is 375 g/mol. The standard InChI is InChI=1S/C20H25FN6O2/c1-20(2,3)27-10-13(9-24-27)14-6-15-18(26(4)11-23-15)19(25-14)29-16(7-21)12-5-17(28)22-8-12/h6,9-12,16H,5,7-8H2,1-4H3,(H,22,28). The minimum atomic E-state index is -0.757. The van der Waals surface area contributed by atoms with Gasteiger partial charge in [0.2, 0.25) is 11.8 Å². The van der Waals surface area contributed by atoms with Crippen molar-refractivity contribution < 1.29 is 13.9 Å². The summed E-state index contributed by atoms with van der Waals surface area (Å²) in [4.78, 5) is 20.6. The molecule has 0 saturated carbocycles. The normalized spacial score (nSPS) is 18.2. The highest BCUT2D eigenvalue weighted by Gasteiger charge is 2.32. The highest BCUT2D eigenvalue weighted by Crippen LogP contribution is 2.31. The van der Waals surface area contributed by atoms with Crippen LogP contribution in [0.2, 0.25) is 0 Å². The van der Waals surface area contributed by atoms with E-state index in [9.17, 15) is 9.18 Å². The van der Waals surface area contributed by atoms with Gasteiger partial charge in [0.05, 0.1) is 29.3 Å². The second kappa shape index (κ2) is 7.13. The smallest absolute Gasteiger partial charge is 0.241 e. The van der Waals surface area contributed by atoms with Gasteiger partial charge in [-0.25, -0.2) is 14.4 Å². The largest absolute Gasteiger partial charge is 0.470 e. The van der Waals surface area contributed by atoms with Crippen molar-refractivity contribution in [2.75, 3.05) is 13.2 Å². The fraction of sp³-hybridized carbons (Fsp3) is 0.500. The molecule has 0 radical (unpaired) electrons. The van der Waals surface area contributed by atoms with Gasteiger partial charge in [0, 0.05) is 37.7 Å². The summed E-state index contributed by atoms with van der Waals surface area (Å²) in [6, 6.07) is 1.87. The van der Waals surface area contributed by atoms with E-state index >= 15 is 0 Å². The summed E-state index contributed by atoms with van der Waals surface area (Å²) in [6.45, 7) is 5.90. The molecule has 1 N–H and O–H groups in total. The lowest BCUT2D eigenvalue weighted by Gasteiger charge is -2.21. The molecule has 1 aliphatic heterocycles. The monoisotopic (exact) mass is 400 g/mol. The van der Waals surface area contributed by atoms with Gasteiger partial charge in [-0.2, -0.15) is 5.10 Å².